The first-order valence-electron chi connectivity index (χ1n) is 6.09. The molecule has 1 rings (SSSR count). The first-order valence-corrected chi connectivity index (χ1v) is 6.09. The van der Waals surface area contributed by atoms with Crippen molar-refractivity contribution in [3.8, 4) is 0 Å². The SMILES string of the molecule is CCN(CC1CCCC1)C(C)CC(=O)O. The lowest BCUT2D eigenvalue weighted by Crippen LogP contribution is -2.37. The van der Waals surface area contributed by atoms with Crippen molar-refractivity contribution in [2.45, 2.75) is 52.0 Å². The van der Waals surface area contributed by atoms with Crippen LogP contribution in [0, 0.1) is 5.92 Å². The summed E-state index contributed by atoms with van der Waals surface area (Å²) in [6.07, 6.45) is 5.64. The van der Waals surface area contributed by atoms with E-state index in [2.05, 4.69) is 11.8 Å². The summed E-state index contributed by atoms with van der Waals surface area (Å²) >= 11 is 0. The van der Waals surface area contributed by atoms with Crippen LogP contribution >= 0.6 is 0 Å². The quantitative estimate of drug-likeness (QED) is 0.736. The molecule has 1 aliphatic carbocycles. The molecule has 0 radical (unpaired) electrons. The van der Waals surface area contributed by atoms with Crippen molar-refractivity contribution in [1.29, 1.82) is 0 Å². The molecule has 0 heterocycles. The van der Waals surface area contributed by atoms with Gasteiger partial charge in [-0.2, -0.15) is 0 Å². The van der Waals surface area contributed by atoms with Crippen LogP contribution in [0.3, 0.4) is 0 Å². The summed E-state index contributed by atoms with van der Waals surface area (Å²) in [7, 11) is 0. The Bertz CT molecular complexity index is 200. The van der Waals surface area contributed by atoms with Gasteiger partial charge < -0.3 is 10.0 Å². The van der Waals surface area contributed by atoms with Crippen molar-refractivity contribution < 1.29 is 9.90 Å². The molecule has 1 fully saturated rings. The molecule has 3 nitrogen and oxygen atoms in total. The maximum Gasteiger partial charge on any atom is 0.304 e. The minimum absolute atomic E-state index is 0.174. The van der Waals surface area contributed by atoms with E-state index < -0.39 is 5.97 Å². The number of hydrogen-bond acceptors (Lipinski definition) is 2. The fourth-order valence-electron chi connectivity index (χ4n) is 2.53. The maximum atomic E-state index is 10.6. The van der Waals surface area contributed by atoms with Crippen LogP contribution in [0.4, 0.5) is 0 Å². The summed E-state index contributed by atoms with van der Waals surface area (Å²) < 4.78 is 0. The highest BCUT2D eigenvalue weighted by Gasteiger charge is 2.21. The third kappa shape index (κ3) is 4.20. The number of carbonyl (C=O) groups is 1. The zero-order chi connectivity index (χ0) is 11.3. The number of hydrogen-bond donors (Lipinski definition) is 1. The van der Waals surface area contributed by atoms with Crippen molar-refractivity contribution >= 4 is 5.97 Å². The normalized spacial score (nSPS) is 19.7. The number of nitrogens with zero attached hydrogens (tertiary/aromatic N) is 1. The second kappa shape index (κ2) is 6.11. The van der Waals surface area contributed by atoms with Gasteiger partial charge in [0.1, 0.15) is 0 Å². The van der Waals surface area contributed by atoms with Gasteiger partial charge >= 0.3 is 5.97 Å². The first-order chi connectivity index (χ1) is 7.13. The molecule has 1 unspecified atom stereocenters. The first kappa shape index (κ1) is 12.5. The molecule has 0 aromatic carbocycles. The Labute approximate surface area is 92.5 Å². The van der Waals surface area contributed by atoms with Crippen molar-refractivity contribution in [2.24, 2.45) is 5.92 Å². The van der Waals surface area contributed by atoms with Gasteiger partial charge in [-0.25, -0.2) is 0 Å². The number of carboxylic acid groups (broad SMARTS) is 1. The van der Waals surface area contributed by atoms with Gasteiger partial charge in [0.15, 0.2) is 0 Å². The third-order valence-electron chi connectivity index (χ3n) is 3.47. The van der Waals surface area contributed by atoms with Crippen molar-refractivity contribution in [3.05, 3.63) is 0 Å². The Hall–Kier alpha value is -0.570. The Balaban J connectivity index is 2.35. The second-order valence-corrected chi connectivity index (χ2v) is 4.68. The smallest absolute Gasteiger partial charge is 0.304 e. The number of rotatable bonds is 6. The molecule has 0 aromatic rings. The average molecular weight is 213 g/mol. The summed E-state index contributed by atoms with van der Waals surface area (Å²) in [6, 6.07) is 0.174. The summed E-state index contributed by atoms with van der Waals surface area (Å²) in [5.41, 5.74) is 0. The van der Waals surface area contributed by atoms with Gasteiger partial charge in [-0.3, -0.25) is 4.79 Å². The van der Waals surface area contributed by atoms with Crippen molar-refractivity contribution in [2.75, 3.05) is 13.1 Å². The van der Waals surface area contributed by atoms with E-state index in [9.17, 15) is 4.79 Å². The van der Waals surface area contributed by atoms with E-state index in [4.69, 9.17) is 5.11 Å². The minimum Gasteiger partial charge on any atom is -0.481 e. The number of aliphatic carboxylic acids is 1. The molecule has 0 saturated heterocycles. The fraction of sp³-hybridized carbons (Fsp3) is 0.917. The third-order valence-corrected chi connectivity index (χ3v) is 3.47. The van der Waals surface area contributed by atoms with Crippen LogP contribution in [-0.4, -0.2) is 35.1 Å². The van der Waals surface area contributed by atoms with Crippen LogP contribution in [0.15, 0.2) is 0 Å². The van der Waals surface area contributed by atoms with E-state index in [-0.39, 0.29) is 12.5 Å². The highest BCUT2D eigenvalue weighted by Crippen LogP contribution is 2.26. The maximum absolute atomic E-state index is 10.6. The van der Waals surface area contributed by atoms with Gasteiger partial charge in [0.05, 0.1) is 6.42 Å². The molecule has 0 aromatic heterocycles. The van der Waals surface area contributed by atoms with E-state index in [0.717, 1.165) is 19.0 Å². The van der Waals surface area contributed by atoms with Crippen LogP contribution in [0.2, 0.25) is 0 Å². The summed E-state index contributed by atoms with van der Waals surface area (Å²) in [5.74, 6) is 0.119. The predicted octanol–water partition coefficient (Wildman–Crippen LogP) is 2.36. The predicted molar refractivity (Wildman–Crippen MR) is 60.9 cm³/mol. The molecular formula is C12H23NO2. The highest BCUT2D eigenvalue weighted by atomic mass is 16.4. The topological polar surface area (TPSA) is 40.5 Å². The van der Waals surface area contributed by atoms with Gasteiger partial charge in [-0.05, 0) is 32.2 Å². The highest BCUT2D eigenvalue weighted by molar-refractivity contribution is 5.67. The Morgan fingerprint density at radius 1 is 1.47 bits per heavy atom. The largest absolute Gasteiger partial charge is 0.481 e. The molecule has 88 valence electrons. The molecule has 1 saturated carbocycles. The lowest BCUT2D eigenvalue weighted by molar-refractivity contribution is -0.138. The molecule has 3 heteroatoms. The van der Waals surface area contributed by atoms with Gasteiger partial charge in [0, 0.05) is 12.6 Å². The lowest BCUT2D eigenvalue weighted by Gasteiger charge is -2.29. The van der Waals surface area contributed by atoms with E-state index in [1.807, 2.05) is 6.92 Å². The zero-order valence-electron chi connectivity index (χ0n) is 9.91. The van der Waals surface area contributed by atoms with Crippen LogP contribution in [0.25, 0.3) is 0 Å². The Morgan fingerprint density at radius 2 is 2.07 bits per heavy atom. The van der Waals surface area contributed by atoms with Crippen molar-refractivity contribution in [1.82, 2.24) is 4.90 Å². The van der Waals surface area contributed by atoms with E-state index in [1.165, 1.54) is 25.7 Å². The van der Waals surface area contributed by atoms with Gasteiger partial charge in [0.2, 0.25) is 0 Å². The molecule has 1 atom stereocenters. The molecule has 1 N–H and O–H groups in total. The summed E-state index contributed by atoms with van der Waals surface area (Å²) in [6.45, 7) is 6.19. The average Bonchev–Trinajstić information content (AvgIpc) is 2.65. The van der Waals surface area contributed by atoms with E-state index in [1.54, 1.807) is 0 Å². The Morgan fingerprint density at radius 3 is 2.53 bits per heavy atom. The molecule has 1 aliphatic rings. The molecule has 0 aliphatic heterocycles. The molecule has 0 spiro atoms. The molecule has 0 amide bonds. The second-order valence-electron chi connectivity index (χ2n) is 4.68. The fourth-order valence-corrected chi connectivity index (χ4v) is 2.53. The standard InChI is InChI=1S/C12H23NO2/c1-3-13(10(2)8-12(14)15)9-11-6-4-5-7-11/h10-11H,3-9H2,1-2H3,(H,14,15). The zero-order valence-corrected chi connectivity index (χ0v) is 9.91. The molecule has 15 heavy (non-hydrogen) atoms. The van der Waals surface area contributed by atoms with Crippen LogP contribution in [0.1, 0.15) is 46.0 Å². The van der Waals surface area contributed by atoms with Crippen LogP contribution < -0.4 is 0 Å². The summed E-state index contributed by atoms with van der Waals surface area (Å²) in [4.78, 5) is 13.0. The summed E-state index contributed by atoms with van der Waals surface area (Å²) in [5, 5.41) is 8.76. The van der Waals surface area contributed by atoms with E-state index >= 15 is 0 Å². The van der Waals surface area contributed by atoms with Crippen molar-refractivity contribution in [3.63, 3.8) is 0 Å². The van der Waals surface area contributed by atoms with Gasteiger partial charge in [0.25, 0.3) is 0 Å². The monoisotopic (exact) mass is 213 g/mol. The molecule has 0 bridgehead atoms. The van der Waals surface area contributed by atoms with Crippen LogP contribution in [0.5, 0.6) is 0 Å². The van der Waals surface area contributed by atoms with E-state index in [0.29, 0.717) is 0 Å². The number of carboxylic acids is 1. The Kier molecular flexibility index (Phi) is 5.09. The molecular weight excluding hydrogens is 190 g/mol. The van der Waals surface area contributed by atoms with Crippen LogP contribution in [-0.2, 0) is 4.79 Å². The van der Waals surface area contributed by atoms with Gasteiger partial charge in [-0.15, -0.1) is 0 Å². The minimum atomic E-state index is -0.688. The lowest BCUT2D eigenvalue weighted by atomic mass is 10.1. The van der Waals surface area contributed by atoms with Gasteiger partial charge in [-0.1, -0.05) is 19.8 Å².